The highest BCUT2D eigenvalue weighted by molar-refractivity contribution is 5.92. The molecular weight excluding hydrogens is 447 g/mol. The molecule has 34 heavy (non-hydrogen) atoms. The molecule has 0 aliphatic carbocycles. The number of hydrogen-bond acceptors (Lipinski definition) is 5. The molecule has 1 unspecified atom stereocenters. The van der Waals surface area contributed by atoms with Crippen LogP contribution in [0.2, 0.25) is 0 Å². The minimum Gasteiger partial charge on any atom is -0.370 e. The lowest BCUT2D eigenvalue weighted by Gasteiger charge is -2.41. The van der Waals surface area contributed by atoms with Crippen LogP contribution in [0.1, 0.15) is 40.2 Å². The third-order valence-electron chi connectivity index (χ3n) is 6.94. The number of likely N-dealkylation sites (tertiary alicyclic amines) is 1. The Morgan fingerprint density at radius 2 is 1.91 bits per heavy atom. The molecule has 0 saturated carbocycles. The van der Waals surface area contributed by atoms with Crippen LogP contribution >= 0.6 is 0 Å². The Morgan fingerprint density at radius 1 is 1.21 bits per heavy atom. The van der Waals surface area contributed by atoms with Crippen LogP contribution in [0.15, 0.2) is 36.4 Å². The fourth-order valence-electron chi connectivity index (χ4n) is 5.10. The number of aromatic nitrogens is 1. The van der Waals surface area contributed by atoms with E-state index < -0.39 is 34.5 Å². The third-order valence-corrected chi connectivity index (χ3v) is 6.94. The molecule has 2 fully saturated rings. The Kier molecular flexibility index (Phi) is 5.98. The summed E-state index contributed by atoms with van der Waals surface area (Å²) in [5.41, 5.74) is 5.09. The average molecular weight is 471 g/mol. The van der Waals surface area contributed by atoms with E-state index in [0.717, 1.165) is 17.8 Å². The number of carbonyl (C=O) groups is 2. The first kappa shape index (κ1) is 23.5. The monoisotopic (exact) mass is 471 g/mol. The summed E-state index contributed by atoms with van der Waals surface area (Å²) in [7, 11) is 0. The fraction of sp³-hybridized carbons (Fsp3) is 0.417. The van der Waals surface area contributed by atoms with Crippen LogP contribution in [0.5, 0.6) is 0 Å². The lowest BCUT2D eigenvalue weighted by atomic mass is 9.70. The molecule has 2 N–H and O–H groups in total. The highest BCUT2D eigenvalue weighted by atomic mass is 19.4. The second-order valence-electron chi connectivity index (χ2n) is 8.99. The van der Waals surface area contributed by atoms with Gasteiger partial charge in [-0.15, -0.1) is 0 Å². The van der Waals surface area contributed by atoms with E-state index in [1.54, 1.807) is 41.0 Å². The number of nitrogens with two attached hydrogens (primary N) is 1. The van der Waals surface area contributed by atoms with Gasteiger partial charge in [-0.25, -0.2) is 4.98 Å². The van der Waals surface area contributed by atoms with Crippen LogP contribution in [0.3, 0.4) is 0 Å². The summed E-state index contributed by atoms with van der Waals surface area (Å²) in [6.45, 7) is 3.13. The molecule has 2 amide bonds. The summed E-state index contributed by atoms with van der Waals surface area (Å²) in [5, 5.41) is 9.06. The van der Waals surface area contributed by atoms with Crippen LogP contribution in [0, 0.1) is 29.6 Å². The molecule has 2 aromatic rings. The molecule has 1 aromatic heterocycles. The van der Waals surface area contributed by atoms with Crippen molar-refractivity contribution in [2.75, 3.05) is 31.1 Å². The second-order valence-corrected chi connectivity index (χ2v) is 8.99. The first-order valence-electron chi connectivity index (χ1n) is 10.9. The summed E-state index contributed by atoms with van der Waals surface area (Å²) >= 11 is 0. The van der Waals surface area contributed by atoms with Crippen molar-refractivity contribution in [3.05, 3.63) is 58.9 Å². The molecule has 1 aromatic carbocycles. The number of carbonyl (C=O) groups excluding carboxylic acids is 2. The van der Waals surface area contributed by atoms with Gasteiger partial charge in [0.2, 0.25) is 5.91 Å². The third kappa shape index (κ3) is 4.30. The van der Waals surface area contributed by atoms with Crippen molar-refractivity contribution in [1.29, 1.82) is 5.26 Å². The number of halogens is 3. The molecule has 0 radical (unpaired) electrons. The maximum atomic E-state index is 13.5. The highest BCUT2D eigenvalue weighted by Gasteiger charge is 2.51. The number of aryl methyl sites for hydroxylation is 1. The van der Waals surface area contributed by atoms with Crippen molar-refractivity contribution in [3.63, 3.8) is 0 Å². The lowest BCUT2D eigenvalue weighted by Crippen LogP contribution is -2.49. The summed E-state index contributed by atoms with van der Waals surface area (Å²) < 4.78 is 40.4. The summed E-state index contributed by atoms with van der Waals surface area (Å²) in [6.07, 6.45) is -3.68. The van der Waals surface area contributed by atoms with E-state index in [0.29, 0.717) is 38.2 Å². The Balaban J connectivity index is 1.55. The van der Waals surface area contributed by atoms with Gasteiger partial charge in [0.15, 0.2) is 0 Å². The summed E-state index contributed by atoms with van der Waals surface area (Å²) in [4.78, 5) is 32.9. The minimum atomic E-state index is -4.67. The predicted molar refractivity (Wildman–Crippen MR) is 118 cm³/mol. The maximum Gasteiger partial charge on any atom is 0.417 e. The minimum absolute atomic E-state index is 0.186. The first-order chi connectivity index (χ1) is 16.0. The highest BCUT2D eigenvalue weighted by Crippen LogP contribution is 2.47. The van der Waals surface area contributed by atoms with E-state index in [1.165, 1.54) is 6.07 Å². The van der Waals surface area contributed by atoms with E-state index in [2.05, 4.69) is 4.98 Å². The second kappa shape index (κ2) is 8.63. The van der Waals surface area contributed by atoms with Gasteiger partial charge in [-0.3, -0.25) is 9.59 Å². The summed E-state index contributed by atoms with van der Waals surface area (Å²) in [5.74, 6) is -1.26. The largest absolute Gasteiger partial charge is 0.417 e. The van der Waals surface area contributed by atoms with Gasteiger partial charge in [0.25, 0.3) is 5.91 Å². The number of nitriles is 1. The van der Waals surface area contributed by atoms with E-state index in [4.69, 9.17) is 11.0 Å². The van der Waals surface area contributed by atoms with E-state index in [1.807, 2.05) is 0 Å². The number of amides is 2. The zero-order valence-electron chi connectivity index (χ0n) is 18.6. The molecule has 2 aliphatic heterocycles. The molecule has 2 aliphatic rings. The standard InChI is InChI=1S/C24H24F3N5O2/c1-15-3-2-4-20(30-15)22(34)31-9-7-23(8-10-31)14-32(13-19(23)21(29)33)17-6-5-16(12-28)18(11-17)24(25,26)27/h2-6,11,19H,7-10,13-14H2,1H3,(H2,29,33). The van der Waals surface area contributed by atoms with E-state index in [9.17, 15) is 22.8 Å². The number of rotatable bonds is 3. The van der Waals surface area contributed by atoms with Gasteiger partial charge >= 0.3 is 6.18 Å². The van der Waals surface area contributed by atoms with Crippen molar-refractivity contribution < 1.29 is 22.8 Å². The molecule has 178 valence electrons. The zero-order valence-corrected chi connectivity index (χ0v) is 18.6. The van der Waals surface area contributed by atoms with Gasteiger partial charge in [0, 0.05) is 43.0 Å². The van der Waals surface area contributed by atoms with Crippen molar-refractivity contribution >= 4 is 17.5 Å². The molecule has 1 atom stereocenters. The molecule has 4 rings (SSSR count). The quantitative estimate of drug-likeness (QED) is 0.741. The van der Waals surface area contributed by atoms with Crippen LogP contribution in [-0.4, -0.2) is 47.9 Å². The molecular formula is C24H24F3N5O2. The van der Waals surface area contributed by atoms with Gasteiger partial charge in [0.05, 0.1) is 23.1 Å². The fourth-order valence-corrected chi connectivity index (χ4v) is 5.10. The number of anilines is 1. The van der Waals surface area contributed by atoms with Gasteiger partial charge in [-0.05, 0) is 50.1 Å². The zero-order chi connectivity index (χ0) is 24.7. The van der Waals surface area contributed by atoms with Crippen LogP contribution in [-0.2, 0) is 11.0 Å². The predicted octanol–water partition coefficient (Wildman–Crippen LogP) is 3.12. The molecule has 0 bridgehead atoms. The Hall–Kier alpha value is -3.61. The number of alkyl halides is 3. The number of primary amides is 1. The smallest absolute Gasteiger partial charge is 0.370 e. The average Bonchev–Trinajstić information content (AvgIpc) is 3.17. The topological polar surface area (TPSA) is 103 Å². The van der Waals surface area contributed by atoms with Crippen LogP contribution in [0.4, 0.5) is 18.9 Å². The van der Waals surface area contributed by atoms with E-state index >= 15 is 0 Å². The number of benzene rings is 1. The van der Waals surface area contributed by atoms with Crippen molar-refractivity contribution in [2.24, 2.45) is 17.1 Å². The maximum absolute atomic E-state index is 13.5. The molecule has 7 nitrogen and oxygen atoms in total. The normalized spacial score (nSPS) is 19.8. The Bertz CT molecular complexity index is 1170. The Morgan fingerprint density at radius 3 is 2.50 bits per heavy atom. The summed E-state index contributed by atoms with van der Waals surface area (Å²) in [6, 6.07) is 10.4. The van der Waals surface area contributed by atoms with E-state index in [-0.39, 0.29) is 18.1 Å². The van der Waals surface area contributed by atoms with Crippen molar-refractivity contribution in [2.45, 2.75) is 25.9 Å². The molecule has 1 spiro atoms. The molecule has 3 heterocycles. The molecule has 10 heteroatoms. The Labute approximate surface area is 195 Å². The number of piperidine rings is 1. The van der Waals surface area contributed by atoms with Gasteiger partial charge < -0.3 is 15.5 Å². The first-order valence-corrected chi connectivity index (χ1v) is 10.9. The van der Waals surface area contributed by atoms with Crippen molar-refractivity contribution in [3.8, 4) is 6.07 Å². The lowest BCUT2D eigenvalue weighted by molar-refractivity contribution is -0.137. The number of hydrogen-bond donors (Lipinski definition) is 1. The van der Waals surface area contributed by atoms with Crippen molar-refractivity contribution in [1.82, 2.24) is 9.88 Å². The SMILES string of the molecule is Cc1cccc(C(=O)N2CCC3(CC2)CN(c2ccc(C#N)c(C(F)(F)F)c2)CC3C(N)=O)n1. The number of nitrogens with zero attached hydrogens (tertiary/aromatic N) is 4. The van der Waals surface area contributed by atoms with Gasteiger partial charge in [-0.2, -0.15) is 18.4 Å². The van der Waals surface area contributed by atoms with Gasteiger partial charge in [0.1, 0.15) is 5.69 Å². The number of pyridine rings is 1. The van der Waals surface area contributed by atoms with Crippen LogP contribution < -0.4 is 10.6 Å². The van der Waals surface area contributed by atoms with Crippen LogP contribution in [0.25, 0.3) is 0 Å². The van der Waals surface area contributed by atoms with Gasteiger partial charge in [-0.1, -0.05) is 6.07 Å². The molecule has 2 saturated heterocycles.